The Morgan fingerprint density at radius 1 is 0.741 bits per heavy atom. The number of halogens is 2. The van der Waals surface area contributed by atoms with Crippen LogP contribution in [0.5, 0.6) is 0 Å². The number of pyridine rings is 2. The van der Waals surface area contributed by atoms with Gasteiger partial charge in [0.1, 0.15) is 5.15 Å². The quantitative estimate of drug-likeness (QED) is 0.386. The number of benzene rings is 2. The van der Waals surface area contributed by atoms with E-state index in [1.54, 1.807) is 12.3 Å². The molecule has 0 unspecified atom stereocenters. The van der Waals surface area contributed by atoms with Gasteiger partial charge in [-0.25, -0.2) is 4.98 Å². The molecule has 0 spiro atoms. The van der Waals surface area contributed by atoms with Crippen molar-refractivity contribution in [3.05, 3.63) is 102 Å². The van der Waals surface area contributed by atoms with Crippen molar-refractivity contribution in [1.82, 2.24) is 9.97 Å². The van der Waals surface area contributed by atoms with Gasteiger partial charge in [0.25, 0.3) is 0 Å². The Morgan fingerprint density at radius 3 is 1.96 bits per heavy atom. The zero-order valence-electron chi connectivity index (χ0n) is 14.3. The van der Waals surface area contributed by atoms with Gasteiger partial charge in [-0.1, -0.05) is 48.0 Å². The average molecular weight is 376 g/mol. The SMILES string of the molecule is Fc1ccc(-c2cc(N(c3ccccc3)c3ccccc3)ccn2)c(Cl)n1. The van der Waals surface area contributed by atoms with Crippen molar-refractivity contribution in [2.45, 2.75) is 0 Å². The van der Waals surface area contributed by atoms with Crippen LogP contribution in [0.15, 0.2) is 91.1 Å². The van der Waals surface area contributed by atoms with Gasteiger partial charge in [-0.3, -0.25) is 4.98 Å². The van der Waals surface area contributed by atoms with Gasteiger partial charge in [0.2, 0.25) is 5.95 Å². The van der Waals surface area contributed by atoms with Crippen molar-refractivity contribution in [3.63, 3.8) is 0 Å². The first kappa shape index (κ1) is 17.2. The molecule has 0 saturated heterocycles. The standard InChI is InChI=1S/C22H15ClFN3/c23-22-19(11-12-21(24)26-22)20-15-18(13-14-25-20)27(16-7-3-1-4-8-16)17-9-5-2-6-10-17/h1-15H. The topological polar surface area (TPSA) is 29.0 Å². The molecule has 4 rings (SSSR count). The van der Waals surface area contributed by atoms with E-state index in [1.807, 2.05) is 72.8 Å². The zero-order valence-corrected chi connectivity index (χ0v) is 15.0. The fourth-order valence-electron chi connectivity index (χ4n) is 2.91. The fourth-order valence-corrected chi connectivity index (χ4v) is 3.15. The summed E-state index contributed by atoms with van der Waals surface area (Å²) in [7, 11) is 0. The van der Waals surface area contributed by atoms with Gasteiger partial charge in [0, 0.05) is 28.8 Å². The van der Waals surface area contributed by atoms with Crippen molar-refractivity contribution in [1.29, 1.82) is 0 Å². The van der Waals surface area contributed by atoms with Crippen LogP contribution in [0.3, 0.4) is 0 Å². The average Bonchev–Trinajstić information content (AvgIpc) is 2.70. The monoisotopic (exact) mass is 375 g/mol. The second-order valence-electron chi connectivity index (χ2n) is 5.88. The largest absolute Gasteiger partial charge is 0.310 e. The molecule has 5 heteroatoms. The smallest absolute Gasteiger partial charge is 0.214 e. The van der Waals surface area contributed by atoms with Crippen LogP contribution in [0.1, 0.15) is 0 Å². The molecule has 0 aliphatic carbocycles. The van der Waals surface area contributed by atoms with E-state index < -0.39 is 5.95 Å². The molecule has 27 heavy (non-hydrogen) atoms. The van der Waals surface area contributed by atoms with Crippen LogP contribution in [0.2, 0.25) is 5.15 Å². The maximum Gasteiger partial charge on any atom is 0.214 e. The second kappa shape index (κ2) is 7.56. The molecule has 0 saturated carbocycles. The van der Waals surface area contributed by atoms with E-state index in [2.05, 4.69) is 14.9 Å². The number of rotatable bonds is 4. The Balaban J connectivity index is 1.84. The molecule has 0 bridgehead atoms. The Bertz CT molecular complexity index is 1020. The Hall–Kier alpha value is -3.24. The lowest BCUT2D eigenvalue weighted by molar-refractivity contribution is 0.584. The summed E-state index contributed by atoms with van der Waals surface area (Å²) >= 11 is 6.13. The summed E-state index contributed by atoms with van der Waals surface area (Å²) in [4.78, 5) is 10.2. The third-order valence-corrected chi connectivity index (χ3v) is 4.41. The summed E-state index contributed by atoms with van der Waals surface area (Å²) in [5.74, 6) is -0.616. The van der Waals surface area contributed by atoms with Crippen molar-refractivity contribution < 1.29 is 4.39 Å². The molecule has 132 valence electrons. The van der Waals surface area contributed by atoms with Gasteiger partial charge >= 0.3 is 0 Å². The predicted octanol–water partition coefficient (Wildman–Crippen LogP) is 6.41. The predicted molar refractivity (Wildman–Crippen MR) is 107 cm³/mol. The van der Waals surface area contributed by atoms with Crippen LogP contribution in [0.25, 0.3) is 11.3 Å². The van der Waals surface area contributed by atoms with E-state index in [-0.39, 0.29) is 5.15 Å². The number of aromatic nitrogens is 2. The highest BCUT2D eigenvalue weighted by Crippen LogP contribution is 2.36. The van der Waals surface area contributed by atoms with E-state index in [0.29, 0.717) is 11.3 Å². The minimum absolute atomic E-state index is 0.0885. The van der Waals surface area contributed by atoms with Gasteiger partial charge in [0.15, 0.2) is 0 Å². The first-order chi connectivity index (χ1) is 13.2. The summed E-state index contributed by atoms with van der Waals surface area (Å²) < 4.78 is 13.3. The number of anilines is 3. The maximum atomic E-state index is 13.3. The van der Waals surface area contributed by atoms with Crippen LogP contribution in [-0.2, 0) is 0 Å². The first-order valence-corrected chi connectivity index (χ1v) is 8.79. The molecule has 2 aromatic heterocycles. The Labute approximate surface area is 161 Å². The minimum atomic E-state index is -0.616. The summed E-state index contributed by atoms with van der Waals surface area (Å²) in [5, 5.41) is 0.0885. The van der Waals surface area contributed by atoms with Gasteiger partial charge in [0.05, 0.1) is 5.69 Å². The molecule has 0 amide bonds. The normalized spacial score (nSPS) is 10.6. The van der Waals surface area contributed by atoms with E-state index >= 15 is 0 Å². The fraction of sp³-hybridized carbons (Fsp3) is 0. The molecule has 0 N–H and O–H groups in total. The van der Waals surface area contributed by atoms with Gasteiger partial charge in [-0.05, 0) is 48.5 Å². The van der Waals surface area contributed by atoms with Crippen molar-refractivity contribution >= 4 is 28.7 Å². The summed E-state index contributed by atoms with van der Waals surface area (Å²) in [5.41, 5.74) is 4.16. The molecule has 0 aliphatic heterocycles. The van der Waals surface area contributed by atoms with Crippen LogP contribution < -0.4 is 4.90 Å². The third kappa shape index (κ3) is 3.66. The highest BCUT2D eigenvalue weighted by Gasteiger charge is 2.14. The van der Waals surface area contributed by atoms with Crippen LogP contribution in [0.4, 0.5) is 21.5 Å². The lowest BCUT2D eigenvalue weighted by atomic mass is 10.1. The number of hydrogen-bond donors (Lipinski definition) is 0. The lowest BCUT2D eigenvalue weighted by Crippen LogP contribution is -2.10. The molecule has 2 heterocycles. The van der Waals surface area contributed by atoms with E-state index in [4.69, 9.17) is 11.6 Å². The number of para-hydroxylation sites is 2. The molecule has 3 nitrogen and oxygen atoms in total. The Kier molecular flexibility index (Phi) is 4.81. The van der Waals surface area contributed by atoms with Gasteiger partial charge < -0.3 is 4.90 Å². The van der Waals surface area contributed by atoms with Crippen molar-refractivity contribution in [2.24, 2.45) is 0 Å². The summed E-state index contributed by atoms with van der Waals surface area (Å²) in [6.45, 7) is 0. The maximum absolute atomic E-state index is 13.3. The molecule has 0 radical (unpaired) electrons. The third-order valence-electron chi connectivity index (χ3n) is 4.12. The van der Waals surface area contributed by atoms with Crippen LogP contribution in [-0.4, -0.2) is 9.97 Å². The van der Waals surface area contributed by atoms with Crippen molar-refractivity contribution in [2.75, 3.05) is 4.90 Å². The summed E-state index contributed by atoms with van der Waals surface area (Å²) in [6, 6.07) is 26.8. The highest BCUT2D eigenvalue weighted by molar-refractivity contribution is 6.32. The molecule has 4 aromatic rings. The van der Waals surface area contributed by atoms with Gasteiger partial charge in [-0.2, -0.15) is 4.39 Å². The van der Waals surface area contributed by atoms with E-state index in [9.17, 15) is 4.39 Å². The number of hydrogen-bond acceptors (Lipinski definition) is 3. The molecular weight excluding hydrogens is 361 g/mol. The lowest BCUT2D eigenvalue weighted by Gasteiger charge is -2.25. The summed E-state index contributed by atoms with van der Waals surface area (Å²) in [6.07, 6.45) is 1.71. The van der Waals surface area contributed by atoms with Crippen LogP contribution >= 0.6 is 11.6 Å². The molecular formula is C22H15ClFN3. The molecule has 0 atom stereocenters. The van der Waals surface area contributed by atoms with E-state index in [0.717, 1.165) is 17.1 Å². The minimum Gasteiger partial charge on any atom is -0.310 e. The molecule has 2 aromatic carbocycles. The molecule has 0 fully saturated rings. The van der Waals surface area contributed by atoms with Gasteiger partial charge in [-0.15, -0.1) is 0 Å². The van der Waals surface area contributed by atoms with Crippen molar-refractivity contribution in [3.8, 4) is 11.3 Å². The van der Waals surface area contributed by atoms with E-state index in [1.165, 1.54) is 6.07 Å². The second-order valence-corrected chi connectivity index (χ2v) is 6.24. The molecule has 0 aliphatic rings. The van der Waals surface area contributed by atoms with Crippen LogP contribution in [0, 0.1) is 5.95 Å². The highest BCUT2D eigenvalue weighted by atomic mass is 35.5. The number of nitrogens with zero attached hydrogens (tertiary/aromatic N) is 3. The Morgan fingerprint density at radius 2 is 1.37 bits per heavy atom. The zero-order chi connectivity index (χ0) is 18.6. The first-order valence-electron chi connectivity index (χ1n) is 8.41.